The van der Waals surface area contributed by atoms with Crippen LogP contribution in [0.5, 0.6) is 0 Å². The zero-order valence-corrected chi connectivity index (χ0v) is 32.6. The van der Waals surface area contributed by atoms with Crippen LogP contribution < -0.4 is 22.8 Å². The fourth-order valence-corrected chi connectivity index (χ4v) is 9.47. The number of benzene rings is 8. The first-order chi connectivity index (χ1) is 30.4. The summed E-state index contributed by atoms with van der Waals surface area (Å²) in [6, 6.07) is 58.9. The zero-order valence-electron chi connectivity index (χ0n) is 32.6. The first kappa shape index (κ1) is 34.1. The molecule has 6 heterocycles. The largest absolute Gasteiger partial charge is 0.356 e. The molecule has 292 valence electrons. The Kier molecular flexibility index (Phi) is 6.82. The lowest BCUT2D eigenvalue weighted by Gasteiger charge is -2.12. The summed E-state index contributed by atoms with van der Waals surface area (Å²) in [4.78, 5) is 56.8. The van der Waals surface area contributed by atoms with Gasteiger partial charge in [0.15, 0.2) is 0 Å². The molecule has 62 heavy (non-hydrogen) atoms. The van der Waals surface area contributed by atoms with Crippen LogP contribution in [0.2, 0.25) is 0 Å². The summed E-state index contributed by atoms with van der Waals surface area (Å²) in [6.45, 7) is 0. The van der Waals surface area contributed by atoms with Gasteiger partial charge in [-0.05, 0) is 91.6 Å². The van der Waals surface area contributed by atoms with Gasteiger partial charge in [0.05, 0.1) is 33.4 Å². The summed E-state index contributed by atoms with van der Waals surface area (Å²) in [5.74, 6) is 0. The summed E-state index contributed by atoms with van der Waals surface area (Å²) in [5.41, 5.74) is 1.70. The van der Waals surface area contributed by atoms with Gasteiger partial charge in [-0.3, -0.25) is 0 Å². The lowest BCUT2D eigenvalue weighted by Crippen LogP contribution is -2.25. The monoisotopic (exact) mass is 802 g/mol. The summed E-state index contributed by atoms with van der Waals surface area (Å²) in [7, 11) is 0. The third-order valence-corrected chi connectivity index (χ3v) is 12.5. The molecule has 0 radical (unpaired) electrons. The molecule has 0 saturated heterocycles. The van der Waals surface area contributed by atoms with E-state index < -0.39 is 22.8 Å². The lowest BCUT2D eigenvalue weighted by molar-refractivity contribution is 0.834. The van der Waals surface area contributed by atoms with Crippen LogP contribution in [-0.2, 0) is 0 Å². The third-order valence-electron chi connectivity index (χ3n) is 12.5. The highest BCUT2D eigenvalue weighted by Gasteiger charge is 2.22. The van der Waals surface area contributed by atoms with Crippen LogP contribution in [0.4, 0.5) is 0 Å². The van der Waals surface area contributed by atoms with Crippen molar-refractivity contribution in [1.82, 2.24) is 27.2 Å². The van der Waals surface area contributed by atoms with Crippen molar-refractivity contribution in [3.05, 3.63) is 224 Å². The standard InChI is InChI=1S/C52H30N6O4/c59-49-53(39-7-3-1-4-8-39)50(60)56-46-27-41-35-19-11-31(12-20-35)33-15-23-37(24-16-33)43-29-48-44(30-47(43)57-51(61)54(52(62)58(48)57)40-9-5-2-6-10-40)38-25-17-34(18-26-38)32-13-21-36(22-14-32)42(46)28-45(41)55(49)56/h1-30H. The predicted octanol–water partition coefficient (Wildman–Crippen LogP) is 9.20. The first-order valence-electron chi connectivity index (χ1n) is 20.3. The summed E-state index contributed by atoms with van der Waals surface area (Å²) < 4.78 is 8.39. The van der Waals surface area contributed by atoms with Crippen molar-refractivity contribution in [3.8, 4) is 11.4 Å². The van der Waals surface area contributed by atoms with Crippen LogP contribution in [0, 0.1) is 0 Å². The van der Waals surface area contributed by atoms with E-state index >= 15 is 0 Å². The van der Waals surface area contributed by atoms with Gasteiger partial charge in [0, 0.05) is 21.5 Å². The fraction of sp³-hybridized carbons (Fsp3) is 0. The molecule has 0 aliphatic heterocycles. The van der Waals surface area contributed by atoms with Crippen molar-refractivity contribution in [1.29, 1.82) is 0 Å². The second kappa shape index (κ2) is 12.4. The highest BCUT2D eigenvalue weighted by atomic mass is 16.2. The number of aromatic nitrogens is 6. The smallest absolute Gasteiger partial charge is 0.245 e. The number of rotatable bonds is 2. The molecule has 0 unspecified atom stereocenters. The highest BCUT2D eigenvalue weighted by molar-refractivity contribution is 6.11. The molecule has 0 fully saturated rings. The van der Waals surface area contributed by atoms with Crippen LogP contribution >= 0.6 is 0 Å². The van der Waals surface area contributed by atoms with Crippen molar-refractivity contribution in [2.45, 2.75) is 0 Å². The molecule has 10 nitrogen and oxygen atoms in total. The van der Waals surface area contributed by atoms with Gasteiger partial charge in [-0.15, -0.1) is 0 Å². The van der Waals surface area contributed by atoms with E-state index in [4.69, 9.17) is 0 Å². The Morgan fingerprint density at radius 1 is 0.242 bits per heavy atom. The van der Waals surface area contributed by atoms with E-state index in [1.165, 1.54) is 27.2 Å². The molecule has 16 bridgehead atoms. The Morgan fingerprint density at radius 3 is 0.677 bits per heavy atom. The van der Waals surface area contributed by atoms with Crippen LogP contribution in [0.15, 0.2) is 201 Å². The van der Waals surface area contributed by atoms with E-state index in [2.05, 4.69) is 48.5 Å². The van der Waals surface area contributed by atoms with Crippen molar-refractivity contribution >= 4 is 86.7 Å². The van der Waals surface area contributed by atoms with E-state index in [0.717, 1.165) is 64.6 Å². The lowest BCUT2D eigenvalue weighted by atomic mass is 10.0. The maximum Gasteiger partial charge on any atom is 0.356 e. The molecule has 0 aliphatic carbocycles. The van der Waals surface area contributed by atoms with E-state index in [0.29, 0.717) is 33.4 Å². The Hall–Kier alpha value is -8.76. The molecule has 6 aromatic heterocycles. The summed E-state index contributed by atoms with van der Waals surface area (Å²) in [6.07, 6.45) is 0. The normalized spacial score (nSPS) is 12.1. The maximum atomic E-state index is 14.2. The first-order valence-corrected chi connectivity index (χ1v) is 20.3. The van der Waals surface area contributed by atoms with Gasteiger partial charge in [0.1, 0.15) is 0 Å². The number of para-hydroxylation sites is 2. The molecule has 28 aromatic rings. The van der Waals surface area contributed by atoms with Gasteiger partial charge in [0.2, 0.25) is 0 Å². The van der Waals surface area contributed by atoms with Crippen LogP contribution in [0.3, 0.4) is 0 Å². The third kappa shape index (κ3) is 4.62. The molecular weight excluding hydrogens is 773 g/mol. The van der Waals surface area contributed by atoms with Gasteiger partial charge in [-0.25, -0.2) is 28.3 Å². The Bertz CT molecular complexity index is 3810. The molecule has 10 heteroatoms. The Labute approximate surface area is 348 Å². The minimum atomic E-state index is -0.440. The Morgan fingerprint density at radius 2 is 0.452 bits per heavy atom. The SMILES string of the molecule is O=c1n(-c2ccccc2)c(=O)n2c3cc4c5ccc(cc5)c5ccc(cc5)c5cc6c(cc5n5c(=O)n(-c7ccccc7)c(=O)n65)c5ccc(cc5)c5ccc(cc5)c3cc4n12. The fourth-order valence-electron chi connectivity index (χ4n) is 9.47. The van der Waals surface area contributed by atoms with E-state index in [1.54, 1.807) is 24.3 Å². The molecule has 0 amide bonds. The van der Waals surface area contributed by atoms with E-state index in [-0.39, 0.29) is 0 Å². The average Bonchev–Trinajstić information content (AvgIpc) is 3.78. The summed E-state index contributed by atoms with van der Waals surface area (Å²) in [5, 5.41) is 10.9. The van der Waals surface area contributed by atoms with Gasteiger partial charge >= 0.3 is 22.8 Å². The number of hydrogen-bond acceptors (Lipinski definition) is 4. The van der Waals surface area contributed by atoms with E-state index in [1.807, 2.05) is 109 Å². The minimum Gasteiger partial charge on any atom is -0.245 e. The number of hydrogen-bond donors (Lipinski definition) is 0. The van der Waals surface area contributed by atoms with Gasteiger partial charge < -0.3 is 0 Å². The molecule has 0 spiro atoms. The maximum absolute atomic E-state index is 14.2. The number of nitrogens with zero attached hydrogens (tertiary/aromatic N) is 6. The van der Waals surface area contributed by atoms with Crippen LogP contribution in [0.25, 0.3) is 98.1 Å². The highest BCUT2D eigenvalue weighted by Crippen LogP contribution is 2.32. The minimum absolute atomic E-state index is 0.440. The van der Waals surface area contributed by atoms with Crippen LogP contribution in [-0.4, -0.2) is 27.2 Å². The van der Waals surface area contributed by atoms with Gasteiger partial charge in [0.25, 0.3) is 0 Å². The topological polar surface area (TPSA) is 95.8 Å². The van der Waals surface area contributed by atoms with Crippen molar-refractivity contribution in [3.63, 3.8) is 0 Å². The second-order valence-electron chi connectivity index (χ2n) is 15.8. The van der Waals surface area contributed by atoms with Gasteiger partial charge in [-0.2, -0.15) is 18.1 Å². The molecule has 28 rings (SSSR count). The molecule has 22 aromatic carbocycles. The molecule has 0 N–H and O–H groups in total. The van der Waals surface area contributed by atoms with Crippen molar-refractivity contribution in [2.75, 3.05) is 0 Å². The van der Waals surface area contributed by atoms with Gasteiger partial charge in [-0.1, -0.05) is 133 Å². The molecule has 0 saturated carbocycles. The second-order valence-corrected chi connectivity index (χ2v) is 15.8. The van der Waals surface area contributed by atoms with Crippen molar-refractivity contribution < 1.29 is 0 Å². The quantitative estimate of drug-likeness (QED) is 0.174. The van der Waals surface area contributed by atoms with Crippen molar-refractivity contribution in [2.24, 2.45) is 0 Å². The van der Waals surface area contributed by atoms with E-state index in [9.17, 15) is 19.2 Å². The predicted molar refractivity (Wildman–Crippen MR) is 248 cm³/mol. The zero-order chi connectivity index (χ0) is 41.4. The molecule has 0 aliphatic rings. The van der Waals surface area contributed by atoms with Crippen LogP contribution in [0.1, 0.15) is 0 Å². The molecular formula is C52H30N6O4. The average molecular weight is 803 g/mol. The Balaban J connectivity index is 1.14. The molecule has 0 atom stereocenters. The summed E-state index contributed by atoms with van der Waals surface area (Å²) >= 11 is 0.